The first-order valence-corrected chi connectivity index (χ1v) is 15.1. The molecule has 0 bridgehead atoms. The number of fused-ring (bicyclic) bond motifs is 3. The van der Waals surface area contributed by atoms with E-state index in [-0.39, 0.29) is 0 Å². The summed E-state index contributed by atoms with van der Waals surface area (Å²) in [6.45, 7) is 9.30. The van der Waals surface area contributed by atoms with E-state index in [2.05, 4.69) is 33.8 Å². The Morgan fingerprint density at radius 1 is 0.697 bits per heavy atom. The zero-order valence-electron chi connectivity index (χ0n) is 21.6. The van der Waals surface area contributed by atoms with Crippen LogP contribution in [0.2, 0.25) is 0 Å². The van der Waals surface area contributed by atoms with E-state index in [1.165, 1.54) is 123 Å². The van der Waals surface area contributed by atoms with E-state index >= 15 is 0 Å². The normalized spacial score (nSPS) is 45.2. The first-order chi connectivity index (χ1) is 16.2. The molecule has 0 aliphatic carbocycles. The molecule has 0 spiro atoms. The molecule has 3 heteroatoms. The fourth-order valence-corrected chi connectivity index (χ4v) is 9.31. The highest BCUT2D eigenvalue weighted by molar-refractivity contribution is 5.00. The minimum atomic E-state index is 0.864. The van der Waals surface area contributed by atoms with Crippen LogP contribution in [0.15, 0.2) is 12.2 Å². The van der Waals surface area contributed by atoms with Crippen molar-refractivity contribution in [3.63, 3.8) is 0 Å². The Morgan fingerprint density at radius 2 is 1.52 bits per heavy atom. The molecule has 6 rings (SSSR count). The monoisotopic (exact) mass is 453 g/mol. The van der Waals surface area contributed by atoms with Gasteiger partial charge in [0.05, 0.1) is 0 Å². The molecule has 0 aromatic heterocycles. The van der Waals surface area contributed by atoms with Crippen molar-refractivity contribution in [3.05, 3.63) is 12.2 Å². The Balaban J connectivity index is 1.05. The van der Waals surface area contributed by atoms with Gasteiger partial charge in [-0.15, -0.1) is 0 Å². The van der Waals surface area contributed by atoms with E-state index < -0.39 is 0 Å². The average molecular weight is 454 g/mol. The van der Waals surface area contributed by atoms with Gasteiger partial charge in [-0.05, 0) is 114 Å². The third-order valence-electron chi connectivity index (χ3n) is 11.0. The van der Waals surface area contributed by atoms with E-state index in [0.29, 0.717) is 0 Å². The largest absolute Gasteiger partial charge is 0.300 e. The highest BCUT2D eigenvalue weighted by atomic mass is 15.2. The summed E-state index contributed by atoms with van der Waals surface area (Å²) in [5, 5.41) is 0. The molecule has 5 fully saturated rings. The standard InChI is InChI=1S/C30H51N3/c1-23-10-13-28-15-11-24(22-32(28)20-23)18-26-6-5-17-33-29(8-4-9-30(26)33)19-25-12-14-27-7-2-3-16-31(27)21-25/h2-3,23-30H,4-22H2,1H3. The number of hydrogen-bond donors (Lipinski definition) is 0. The minimum absolute atomic E-state index is 0.864. The summed E-state index contributed by atoms with van der Waals surface area (Å²) in [6.07, 6.45) is 25.6. The van der Waals surface area contributed by atoms with Gasteiger partial charge in [0.15, 0.2) is 0 Å². The van der Waals surface area contributed by atoms with Crippen LogP contribution in [-0.4, -0.2) is 71.6 Å². The van der Waals surface area contributed by atoms with Crippen LogP contribution in [0.4, 0.5) is 0 Å². The van der Waals surface area contributed by atoms with Crippen molar-refractivity contribution in [1.29, 1.82) is 0 Å². The van der Waals surface area contributed by atoms with Gasteiger partial charge in [-0.3, -0.25) is 14.7 Å². The van der Waals surface area contributed by atoms with Crippen LogP contribution in [0, 0.1) is 23.7 Å². The second-order valence-corrected chi connectivity index (χ2v) is 13.3. The molecule has 0 N–H and O–H groups in total. The topological polar surface area (TPSA) is 9.72 Å². The van der Waals surface area contributed by atoms with Crippen LogP contribution in [0.3, 0.4) is 0 Å². The zero-order chi connectivity index (χ0) is 22.2. The van der Waals surface area contributed by atoms with Crippen molar-refractivity contribution >= 4 is 0 Å². The van der Waals surface area contributed by atoms with Crippen molar-refractivity contribution < 1.29 is 0 Å². The molecule has 8 unspecified atom stereocenters. The van der Waals surface area contributed by atoms with E-state index in [1.807, 2.05) is 0 Å². The van der Waals surface area contributed by atoms with Crippen LogP contribution in [0.5, 0.6) is 0 Å². The molecule has 0 amide bonds. The molecule has 186 valence electrons. The van der Waals surface area contributed by atoms with Gasteiger partial charge in [-0.2, -0.15) is 0 Å². The predicted octanol–water partition coefficient (Wildman–Crippen LogP) is 5.95. The summed E-state index contributed by atoms with van der Waals surface area (Å²) in [5.41, 5.74) is 0. The summed E-state index contributed by atoms with van der Waals surface area (Å²) in [5.74, 6) is 3.86. The maximum Gasteiger partial charge on any atom is 0.0166 e. The zero-order valence-corrected chi connectivity index (χ0v) is 21.6. The number of rotatable bonds is 4. The first-order valence-electron chi connectivity index (χ1n) is 15.1. The van der Waals surface area contributed by atoms with Crippen LogP contribution < -0.4 is 0 Å². The maximum atomic E-state index is 3.08. The molecule has 0 aromatic rings. The number of nitrogens with zero attached hydrogens (tertiary/aromatic N) is 3. The SMILES string of the molecule is CC1CCC2CCC(CC3CCCN4C(CC5CCC6CC=CCN6C5)CCCC34)CN2C1. The Labute approximate surface area is 204 Å². The summed E-state index contributed by atoms with van der Waals surface area (Å²) in [4.78, 5) is 8.80. The minimum Gasteiger partial charge on any atom is -0.300 e. The number of hydrogen-bond acceptors (Lipinski definition) is 3. The van der Waals surface area contributed by atoms with Crippen molar-refractivity contribution in [1.82, 2.24) is 14.7 Å². The van der Waals surface area contributed by atoms with Gasteiger partial charge in [0.25, 0.3) is 0 Å². The quantitative estimate of drug-likeness (QED) is 0.487. The molecule has 5 saturated heterocycles. The molecular formula is C30H51N3. The molecule has 6 heterocycles. The van der Waals surface area contributed by atoms with Crippen LogP contribution in [0.1, 0.15) is 96.8 Å². The van der Waals surface area contributed by atoms with E-state index in [0.717, 1.165) is 47.8 Å². The lowest BCUT2D eigenvalue weighted by atomic mass is 9.73. The lowest BCUT2D eigenvalue weighted by Crippen LogP contribution is -2.55. The highest BCUT2D eigenvalue weighted by Crippen LogP contribution is 2.42. The summed E-state index contributed by atoms with van der Waals surface area (Å²) < 4.78 is 0. The molecule has 0 saturated carbocycles. The van der Waals surface area contributed by atoms with Gasteiger partial charge in [0.2, 0.25) is 0 Å². The average Bonchev–Trinajstić information content (AvgIpc) is 2.84. The first kappa shape index (κ1) is 23.0. The Bertz CT molecular complexity index is 675. The third kappa shape index (κ3) is 5.12. The van der Waals surface area contributed by atoms with Crippen molar-refractivity contribution in [2.24, 2.45) is 23.7 Å². The highest BCUT2D eigenvalue weighted by Gasteiger charge is 2.41. The van der Waals surface area contributed by atoms with Crippen molar-refractivity contribution in [2.45, 2.75) is 121 Å². The van der Waals surface area contributed by atoms with Gasteiger partial charge >= 0.3 is 0 Å². The Kier molecular flexibility index (Phi) is 7.20. The molecule has 6 aliphatic heterocycles. The van der Waals surface area contributed by atoms with Crippen LogP contribution >= 0.6 is 0 Å². The second-order valence-electron chi connectivity index (χ2n) is 13.3. The molecule has 6 aliphatic rings. The van der Waals surface area contributed by atoms with Gasteiger partial charge in [0.1, 0.15) is 0 Å². The van der Waals surface area contributed by atoms with Gasteiger partial charge in [0, 0.05) is 50.3 Å². The summed E-state index contributed by atoms with van der Waals surface area (Å²) >= 11 is 0. The van der Waals surface area contributed by atoms with E-state index in [1.54, 1.807) is 0 Å². The van der Waals surface area contributed by atoms with Gasteiger partial charge < -0.3 is 0 Å². The predicted molar refractivity (Wildman–Crippen MR) is 138 cm³/mol. The smallest absolute Gasteiger partial charge is 0.0166 e. The Morgan fingerprint density at radius 3 is 2.45 bits per heavy atom. The summed E-state index contributed by atoms with van der Waals surface area (Å²) in [7, 11) is 0. The molecule has 0 aromatic carbocycles. The fourth-order valence-electron chi connectivity index (χ4n) is 9.31. The summed E-state index contributed by atoms with van der Waals surface area (Å²) in [6, 6.07) is 3.62. The van der Waals surface area contributed by atoms with Crippen LogP contribution in [-0.2, 0) is 0 Å². The molecule has 0 radical (unpaired) electrons. The van der Waals surface area contributed by atoms with E-state index in [9.17, 15) is 0 Å². The fraction of sp³-hybridized carbons (Fsp3) is 0.933. The van der Waals surface area contributed by atoms with Crippen molar-refractivity contribution in [3.8, 4) is 0 Å². The third-order valence-corrected chi connectivity index (χ3v) is 11.0. The van der Waals surface area contributed by atoms with E-state index in [4.69, 9.17) is 0 Å². The Hall–Kier alpha value is -0.380. The molecular weight excluding hydrogens is 402 g/mol. The molecule has 33 heavy (non-hydrogen) atoms. The van der Waals surface area contributed by atoms with Gasteiger partial charge in [-0.1, -0.05) is 25.5 Å². The maximum absolute atomic E-state index is 3.08. The molecule has 8 atom stereocenters. The van der Waals surface area contributed by atoms with Crippen molar-refractivity contribution in [2.75, 3.05) is 32.7 Å². The van der Waals surface area contributed by atoms with Crippen LogP contribution in [0.25, 0.3) is 0 Å². The van der Waals surface area contributed by atoms with Gasteiger partial charge in [-0.25, -0.2) is 0 Å². The lowest BCUT2D eigenvalue weighted by molar-refractivity contribution is -0.0189. The number of piperidine rings is 5. The second kappa shape index (κ2) is 10.3. The lowest BCUT2D eigenvalue weighted by Gasteiger charge is -2.52. The molecule has 3 nitrogen and oxygen atoms in total.